The lowest BCUT2D eigenvalue weighted by Crippen LogP contribution is -1.94. The van der Waals surface area contributed by atoms with Gasteiger partial charge in [0.05, 0.1) is 0 Å². The van der Waals surface area contributed by atoms with E-state index < -0.39 is 0 Å². The Labute approximate surface area is 395 Å². The minimum atomic E-state index is 1.20. The number of hydrogen-bond acceptors (Lipinski definition) is 0. The Hall–Kier alpha value is -8.84. The van der Waals surface area contributed by atoms with Crippen LogP contribution in [-0.4, -0.2) is 0 Å². The molecule has 0 amide bonds. The van der Waals surface area contributed by atoms with Crippen LogP contribution in [0.25, 0.3) is 143 Å². The summed E-state index contributed by atoms with van der Waals surface area (Å²) in [6, 6.07) is 94.6. The van der Waals surface area contributed by atoms with Gasteiger partial charge < -0.3 is 0 Å². The van der Waals surface area contributed by atoms with E-state index in [1.165, 1.54) is 143 Å². The van der Waals surface area contributed by atoms with Crippen LogP contribution in [0.4, 0.5) is 0 Å². The van der Waals surface area contributed by atoms with Gasteiger partial charge in [0.2, 0.25) is 0 Å². The summed E-state index contributed by atoms with van der Waals surface area (Å²) in [4.78, 5) is 0. The lowest BCUT2D eigenvalue weighted by Gasteiger charge is -2.21. The second-order valence-corrected chi connectivity index (χ2v) is 18.2. The molecule has 0 bridgehead atoms. The molecule has 1 aliphatic rings. The van der Waals surface area contributed by atoms with Crippen molar-refractivity contribution < 1.29 is 0 Å². The highest BCUT2D eigenvalue weighted by molar-refractivity contribution is 6.28. The van der Waals surface area contributed by atoms with Crippen LogP contribution < -0.4 is 0 Å². The first-order chi connectivity index (χ1) is 33.8. The normalized spacial score (nSPS) is 11.8. The Bertz CT molecular complexity index is 4140. The highest BCUT2D eigenvalue weighted by atomic mass is 14.3. The molecule has 0 saturated heterocycles. The average Bonchev–Trinajstić information content (AvgIpc) is 3.74. The van der Waals surface area contributed by atoms with E-state index in [-0.39, 0.29) is 0 Å². The molecule has 14 rings (SSSR count). The van der Waals surface area contributed by atoms with Crippen molar-refractivity contribution in [1.82, 2.24) is 0 Å². The zero-order valence-corrected chi connectivity index (χ0v) is 37.2. The minimum absolute atomic E-state index is 1.20. The molecule has 0 unspecified atom stereocenters. The van der Waals surface area contributed by atoms with Crippen LogP contribution in [0.1, 0.15) is 0 Å². The van der Waals surface area contributed by atoms with Crippen molar-refractivity contribution in [3.8, 4) is 89.0 Å². The van der Waals surface area contributed by atoms with Gasteiger partial charge in [-0.1, -0.05) is 243 Å². The maximum atomic E-state index is 2.48. The fourth-order valence-corrected chi connectivity index (χ4v) is 11.7. The van der Waals surface area contributed by atoms with Crippen LogP contribution in [0.5, 0.6) is 0 Å². The predicted octanol–water partition coefficient (Wildman–Crippen LogP) is 19.1. The lowest BCUT2D eigenvalue weighted by atomic mass is 9.81. The van der Waals surface area contributed by atoms with Gasteiger partial charge in [-0.25, -0.2) is 0 Å². The topological polar surface area (TPSA) is 0 Å². The van der Waals surface area contributed by atoms with Gasteiger partial charge in [0.15, 0.2) is 0 Å². The fraction of sp³-hybridized carbons (Fsp3) is 0. The number of fused-ring (bicyclic) bond motifs is 7. The molecule has 0 atom stereocenters. The molecule has 13 aromatic rings. The maximum Gasteiger partial charge on any atom is -0.000741 e. The standard InChI is InChI=1S/C68H42/c1-5-19-43(20-6-1)62-54-31-15-16-32-55(54)63(44-21-7-2-8-22-44)60-41-48(35-37-56(60)62)50-39-40-51(53-30-14-13-29-52(50)53)49-36-38-57-61(42-49)66(47-25-11-4-12-26-47)68-59-34-18-28-45-27-17-33-58(64(45)59)67(68)65(57)46-23-9-3-10-24-46/h1-42H. The number of benzene rings is 13. The van der Waals surface area contributed by atoms with E-state index in [4.69, 9.17) is 0 Å². The monoisotopic (exact) mass is 858 g/mol. The zero-order valence-electron chi connectivity index (χ0n) is 37.2. The van der Waals surface area contributed by atoms with Gasteiger partial charge in [0.1, 0.15) is 0 Å². The van der Waals surface area contributed by atoms with Gasteiger partial charge in [-0.15, -0.1) is 0 Å². The smallest absolute Gasteiger partial charge is 0.000741 e. The Morgan fingerprint density at radius 1 is 0.162 bits per heavy atom. The largest absolute Gasteiger partial charge is 0.0622 e. The van der Waals surface area contributed by atoms with Crippen molar-refractivity contribution >= 4 is 53.9 Å². The van der Waals surface area contributed by atoms with Crippen LogP contribution in [0.15, 0.2) is 255 Å². The Morgan fingerprint density at radius 3 is 0.956 bits per heavy atom. The van der Waals surface area contributed by atoms with Crippen molar-refractivity contribution in [2.75, 3.05) is 0 Å². The molecule has 0 saturated carbocycles. The Morgan fingerprint density at radius 2 is 0.500 bits per heavy atom. The van der Waals surface area contributed by atoms with Crippen molar-refractivity contribution in [2.45, 2.75) is 0 Å². The van der Waals surface area contributed by atoms with Crippen molar-refractivity contribution in [3.63, 3.8) is 0 Å². The molecule has 0 spiro atoms. The summed E-state index contributed by atoms with van der Waals surface area (Å²) in [5.41, 5.74) is 20.1. The Kier molecular flexibility index (Phi) is 8.69. The average molecular weight is 859 g/mol. The van der Waals surface area contributed by atoms with Gasteiger partial charge in [0.25, 0.3) is 0 Å². The van der Waals surface area contributed by atoms with E-state index in [0.29, 0.717) is 0 Å². The number of rotatable bonds is 6. The Balaban J connectivity index is 1.02. The van der Waals surface area contributed by atoms with E-state index in [9.17, 15) is 0 Å². The molecule has 0 heterocycles. The van der Waals surface area contributed by atoms with E-state index in [0.717, 1.165) is 0 Å². The molecule has 0 N–H and O–H groups in total. The molecular weight excluding hydrogens is 817 g/mol. The first kappa shape index (κ1) is 38.4. The minimum Gasteiger partial charge on any atom is -0.0622 e. The molecule has 0 aliphatic heterocycles. The van der Waals surface area contributed by atoms with E-state index in [1.54, 1.807) is 0 Å². The first-order valence-corrected chi connectivity index (χ1v) is 23.7. The van der Waals surface area contributed by atoms with E-state index in [1.807, 2.05) is 0 Å². The van der Waals surface area contributed by atoms with Crippen LogP contribution in [0.3, 0.4) is 0 Å². The van der Waals surface area contributed by atoms with E-state index >= 15 is 0 Å². The first-order valence-electron chi connectivity index (χ1n) is 23.7. The third-order valence-corrected chi connectivity index (χ3v) is 14.6. The van der Waals surface area contributed by atoms with Crippen molar-refractivity contribution in [3.05, 3.63) is 255 Å². The molecule has 68 heavy (non-hydrogen) atoms. The quantitative estimate of drug-likeness (QED) is 0.146. The summed E-state index contributed by atoms with van der Waals surface area (Å²) in [5, 5.41) is 12.6. The number of hydrogen-bond donors (Lipinski definition) is 0. The van der Waals surface area contributed by atoms with Gasteiger partial charge in [-0.05, 0) is 155 Å². The van der Waals surface area contributed by atoms with Crippen molar-refractivity contribution in [1.29, 1.82) is 0 Å². The fourth-order valence-electron chi connectivity index (χ4n) is 11.7. The summed E-state index contributed by atoms with van der Waals surface area (Å²) >= 11 is 0. The van der Waals surface area contributed by atoms with E-state index in [2.05, 4.69) is 255 Å². The third-order valence-electron chi connectivity index (χ3n) is 14.6. The summed E-state index contributed by atoms with van der Waals surface area (Å²) in [7, 11) is 0. The molecule has 0 heteroatoms. The highest BCUT2D eigenvalue weighted by Gasteiger charge is 2.31. The molecule has 0 radical (unpaired) electrons. The SMILES string of the molecule is c1ccc(-c2c3c(c(-c4ccccc4)c4cc(-c5ccc(-c6ccc7c(-c8ccccc8)c8ccccc8c(-c8ccccc8)c7c6)c6ccccc56)ccc24)-c2cccc4cccc-3c24)cc1. The predicted molar refractivity (Wildman–Crippen MR) is 291 cm³/mol. The van der Waals surface area contributed by atoms with Crippen molar-refractivity contribution in [2.24, 2.45) is 0 Å². The highest BCUT2D eigenvalue weighted by Crippen LogP contribution is 2.58. The summed E-state index contributed by atoms with van der Waals surface area (Å²) in [6.07, 6.45) is 0. The van der Waals surface area contributed by atoms with Gasteiger partial charge in [-0.2, -0.15) is 0 Å². The van der Waals surface area contributed by atoms with Gasteiger partial charge in [0, 0.05) is 0 Å². The molecule has 13 aromatic carbocycles. The summed E-state index contributed by atoms with van der Waals surface area (Å²) in [6.45, 7) is 0. The second kappa shape index (κ2) is 15.4. The summed E-state index contributed by atoms with van der Waals surface area (Å²) in [5.74, 6) is 0. The van der Waals surface area contributed by atoms with Gasteiger partial charge >= 0.3 is 0 Å². The molecule has 0 aromatic heterocycles. The molecule has 0 nitrogen and oxygen atoms in total. The van der Waals surface area contributed by atoms with Crippen LogP contribution in [0.2, 0.25) is 0 Å². The second-order valence-electron chi connectivity index (χ2n) is 18.2. The van der Waals surface area contributed by atoms with Crippen LogP contribution in [-0.2, 0) is 0 Å². The molecule has 0 fully saturated rings. The van der Waals surface area contributed by atoms with Crippen LogP contribution in [0, 0.1) is 0 Å². The summed E-state index contributed by atoms with van der Waals surface area (Å²) < 4.78 is 0. The third kappa shape index (κ3) is 5.81. The van der Waals surface area contributed by atoms with Crippen LogP contribution >= 0.6 is 0 Å². The lowest BCUT2D eigenvalue weighted by molar-refractivity contribution is 1.61. The van der Waals surface area contributed by atoms with Gasteiger partial charge in [-0.3, -0.25) is 0 Å². The zero-order chi connectivity index (χ0) is 44.7. The molecule has 1 aliphatic carbocycles. The molecular formula is C68H42. The maximum absolute atomic E-state index is 2.48. The molecule has 314 valence electrons.